The molecule has 0 bridgehead atoms. The van der Waals surface area contributed by atoms with Crippen LogP contribution >= 0.6 is 23.2 Å². The minimum Gasteiger partial charge on any atom is -0.503 e. The maximum atomic E-state index is 13.0. The van der Waals surface area contributed by atoms with E-state index in [0.717, 1.165) is 16.7 Å². The number of rotatable bonds is 5. The van der Waals surface area contributed by atoms with Crippen LogP contribution in [0.15, 0.2) is 84.6 Å². The van der Waals surface area contributed by atoms with Crippen LogP contribution in [0.3, 0.4) is 0 Å². The first kappa shape index (κ1) is 19.6. The Kier molecular flexibility index (Phi) is 5.61. The monoisotopic (exact) mass is 423 g/mol. The summed E-state index contributed by atoms with van der Waals surface area (Å²) < 4.78 is 0. The van der Waals surface area contributed by atoms with Crippen LogP contribution in [-0.2, 0) is 11.2 Å². The molecule has 146 valence electrons. The zero-order valence-corrected chi connectivity index (χ0v) is 17.1. The summed E-state index contributed by atoms with van der Waals surface area (Å²) in [6.07, 6.45) is 0.692. The van der Waals surface area contributed by atoms with Crippen molar-refractivity contribution in [3.63, 3.8) is 0 Å². The van der Waals surface area contributed by atoms with E-state index in [4.69, 9.17) is 23.2 Å². The highest BCUT2D eigenvalue weighted by atomic mass is 35.5. The molecule has 4 rings (SSSR count). The molecule has 3 nitrogen and oxygen atoms in total. The maximum Gasteiger partial charge on any atom is 0.289 e. The molecule has 0 spiro atoms. The molecule has 0 radical (unpaired) electrons. The summed E-state index contributed by atoms with van der Waals surface area (Å²) in [6, 6.07) is 24.1. The number of hydrogen-bond donors (Lipinski definition) is 1. The Morgan fingerprint density at radius 1 is 0.828 bits per heavy atom. The summed E-state index contributed by atoms with van der Waals surface area (Å²) in [4.78, 5) is 14.7. The van der Waals surface area contributed by atoms with Crippen LogP contribution in [0.25, 0.3) is 5.57 Å². The number of amides is 1. The van der Waals surface area contributed by atoms with Crippen LogP contribution in [-0.4, -0.2) is 22.5 Å². The van der Waals surface area contributed by atoms with E-state index in [1.807, 2.05) is 54.6 Å². The Balaban J connectivity index is 1.73. The van der Waals surface area contributed by atoms with Gasteiger partial charge in [-0.15, -0.1) is 0 Å². The molecule has 0 fully saturated rings. The number of aliphatic hydroxyl groups excluding tert-OH is 1. The van der Waals surface area contributed by atoms with Crippen LogP contribution in [0.2, 0.25) is 10.0 Å². The lowest BCUT2D eigenvalue weighted by Crippen LogP contribution is -2.32. The molecular weight excluding hydrogens is 405 g/mol. The minimum atomic E-state index is -0.398. The molecule has 1 N–H and O–H groups in total. The largest absolute Gasteiger partial charge is 0.503 e. The fraction of sp³-hybridized carbons (Fsp3) is 0.125. The van der Waals surface area contributed by atoms with E-state index in [2.05, 4.69) is 0 Å². The van der Waals surface area contributed by atoms with Gasteiger partial charge in [0, 0.05) is 22.2 Å². The average Bonchev–Trinajstić information content (AvgIpc) is 2.99. The van der Waals surface area contributed by atoms with Gasteiger partial charge in [-0.2, -0.15) is 0 Å². The SMILES string of the molecule is O=C1C(O)=C(c2ccc(Cl)cc2)C(c2ccc(Cl)cc2)N1CCc1ccccc1. The summed E-state index contributed by atoms with van der Waals surface area (Å²) in [5, 5.41) is 12.0. The number of carbonyl (C=O) groups excluding carboxylic acids is 1. The molecule has 1 amide bonds. The Labute approximate surface area is 179 Å². The highest BCUT2D eigenvalue weighted by Gasteiger charge is 2.40. The van der Waals surface area contributed by atoms with Gasteiger partial charge in [0.1, 0.15) is 0 Å². The van der Waals surface area contributed by atoms with Crippen LogP contribution < -0.4 is 0 Å². The molecule has 1 heterocycles. The van der Waals surface area contributed by atoms with E-state index in [1.165, 1.54) is 0 Å². The topological polar surface area (TPSA) is 40.5 Å². The highest BCUT2D eigenvalue weighted by molar-refractivity contribution is 6.30. The number of benzene rings is 3. The van der Waals surface area contributed by atoms with Gasteiger partial charge >= 0.3 is 0 Å². The summed E-state index contributed by atoms with van der Waals surface area (Å²) in [5.74, 6) is -0.592. The van der Waals surface area contributed by atoms with Gasteiger partial charge in [0.25, 0.3) is 5.91 Å². The van der Waals surface area contributed by atoms with Gasteiger partial charge in [0.05, 0.1) is 6.04 Å². The molecule has 1 aliphatic rings. The minimum absolute atomic E-state index is 0.222. The van der Waals surface area contributed by atoms with E-state index in [0.29, 0.717) is 28.6 Å². The average molecular weight is 424 g/mol. The van der Waals surface area contributed by atoms with Gasteiger partial charge in [0.15, 0.2) is 5.76 Å². The molecule has 5 heteroatoms. The molecule has 0 aliphatic carbocycles. The second-order valence-electron chi connectivity index (χ2n) is 6.96. The number of hydrogen-bond acceptors (Lipinski definition) is 2. The molecule has 0 saturated heterocycles. The third kappa shape index (κ3) is 4.02. The second kappa shape index (κ2) is 8.32. The standard InChI is InChI=1S/C24H19Cl2NO2/c25-19-10-6-17(7-11-19)21-22(18-8-12-20(26)13-9-18)27(24(29)23(21)28)15-14-16-4-2-1-3-5-16/h1-13,22,28H,14-15H2. The number of nitrogens with zero attached hydrogens (tertiary/aromatic N) is 1. The molecule has 1 unspecified atom stereocenters. The number of carbonyl (C=O) groups is 1. The van der Waals surface area contributed by atoms with Gasteiger partial charge < -0.3 is 10.0 Å². The number of halogens is 2. The maximum absolute atomic E-state index is 13.0. The third-order valence-electron chi connectivity index (χ3n) is 5.13. The van der Waals surface area contributed by atoms with Crippen molar-refractivity contribution in [3.05, 3.63) is 111 Å². The van der Waals surface area contributed by atoms with Crippen molar-refractivity contribution in [3.8, 4) is 0 Å². The lowest BCUT2D eigenvalue weighted by atomic mass is 9.93. The van der Waals surface area contributed by atoms with E-state index in [9.17, 15) is 9.90 Å². The van der Waals surface area contributed by atoms with Crippen molar-refractivity contribution in [2.75, 3.05) is 6.54 Å². The van der Waals surface area contributed by atoms with Gasteiger partial charge in [0.2, 0.25) is 0 Å². The predicted octanol–water partition coefficient (Wildman–Crippen LogP) is 6.09. The predicted molar refractivity (Wildman–Crippen MR) is 117 cm³/mol. The first-order valence-corrected chi connectivity index (χ1v) is 10.1. The summed E-state index contributed by atoms with van der Waals surface area (Å²) in [6.45, 7) is 0.483. The van der Waals surface area contributed by atoms with Crippen molar-refractivity contribution in [2.24, 2.45) is 0 Å². The first-order chi connectivity index (χ1) is 14.0. The second-order valence-corrected chi connectivity index (χ2v) is 7.83. The van der Waals surface area contributed by atoms with Gasteiger partial charge in [-0.1, -0.05) is 77.8 Å². The van der Waals surface area contributed by atoms with Gasteiger partial charge in [-0.25, -0.2) is 0 Å². The van der Waals surface area contributed by atoms with Crippen molar-refractivity contribution < 1.29 is 9.90 Å². The lowest BCUT2D eigenvalue weighted by Gasteiger charge is -2.27. The van der Waals surface area contributed by atoms with Crippen molar-refractivity contribution in [2.45, 2.75) is 12.5 Å². The van der Waals surface area contributed by atoms with E-state index < -0.39 is 6.04 Å². The zero-order valence-electron chi connectivity index (χ0n) is 15.6. The molecule has 29 heavy (non-hydrogen) atoms. The van der Waals surface area contributed by atoms with E-state index >= 15 is 0 Å². The number of aliphatic hydroxyl groups is 1. The van der Waals surface area contributed by atoms with Crippen LogP contribution in [0.1, 0.15) is 22.7 Å². The normalized spacial score (nSPS) is 16.6. The quantitative estimate of drug-likeness (QED) is 0.539. The fourth-order valence-corrected chi connectivity index (χ4v) is 3.95. The Hall–Kier alpha value is -2.75. The lowest BCUT2D eigenvalue weighted by molar-refractivity contribution is -0.129. The van der Waals surface area contributed by atoms with E-state index in [-0.39, 0.29) is 11.7 Å². The smallest absolute Gasteiger partial charge is 0.289 e. The Bertz CT molecular complexity index is 1040. The van der Waals surface area contributed by atoms with Crippen molar-refractivity contribution in [1.29, 1.82) is 0 Å². The van der Waals surface area contributed by atoms with Crippen molar-refractivity contribution in [1.82, 2.24) is 4.90 Å². The van der Waals surface area contributed by atoms with Crippen LogP contribution in [0.5, 0.6) is 0 Å². The first-order valence-electron chi connectivity index (χ1n) is 9.34. The highest BCUT2D eigenvalue weighted by Crippen LogP contribution is 2.43. The molecule has 1 aliphatic heterocycles. The fourth-order valence-electron chi connectivity index (χ4n) is 3.69. The summed E-state index contributed by atoms with van der Waals surface area (Å²) >= 11 is 12.1. The molecule has 3 aromatic carbocycles. The molecule has 0 saturated carbocycles. The van der Waals surface area contributed by atoms with Crippen LogP contribution in [0, 0.1) is 0 Å². The summed E-state index contributed by atoms with van der Waals surface area (Å²) in [7, 11) is 0. The van der Waals surface area contributed by atoms with Crippen LogP contribution in [0.4, 0.5) is 0 Å². The van der Waals surface area contributed by atoms with Crippen molar-refractivity contribution >= 4 is 34.7 Å². The van der Waals surface area contributed by atoms with Gasteiger partial charge in [-0.3, -0.25) is 4.79 Å². The molecule has 3 aromatic rings. The summed E-state index contributed by atoms with van der Waals surface area (Å²) in [5.41, 5.74) is 3.38. The third-order valence-corrected chi connectivity index (χ3v) is 5.63. The van der Waals surface area contributed by atoms with Gasteiger partial charge in [-0.05, 0) is 47.4 Å². The Morgan fingerprint density at radius 3 is 2.03 bits per heavy atom. The Morgan fingerprint density at radius 2 is 1.41 bits per heavy atom. The molecule has 1 atom stereocenters. The van der Waals surface area contributed by atoms with E-state index in [1.54, 1.807) is 29.2 Å². The molecule has 0 aromatic heterocycles. The zero-order chi connectivity index (χ0) is 20.4. The molecular formula is C24H19Cl2NO2.